The number of Topliss-reactive ketones (excluding diaryl/α,β-unsaturated/α-hetero) is 1. The van der Waals surface area contributed by atoms with Crippen LogP contribution in [0.2, 0.25) is 0 Å². The van der Waals surface area contributed by atoms with Gasteiger partial charge in [-0.25, -0.2) is 4.79 Å². The summed E-state index contributed by atoms with van der Waals surface area (Å²) in [5.74, 6) is 0.422. The number of hydrogen-bond acceptors (Lipinski definition) is 4. The summed E-state index contributed by atoms with van der Waals surface area (Å²) < 4.78 is 13.5. The Morgan fingerprint density at radius 2 is 1.67 bits per heavy atom. The molecule has 0 saturated heterocycles. The van der Waals surface area contributed by atoms with Crippen LogP contribution in [0, 0.1) is 13.8 Å². The van der Waals surface area contributed by atoms with E-state index >= 15 is 0 Å². The van der Waals surface area contributed by atoms with E-state index in [2.05, 4.69) is 0 Å². The van der Waals surface area contributed by atoms with Crippen LogP contribution in [-0.2, 0) is 7.05 Å². The summed E-state index contributed by atoms with van der Waals surface area (Å²) in [6.45, 7) is 3.67. The Bertz CT molecular complexity index is 1580. The van der Waals surface area contributed by atoms with E-state index in [0.29, 0.717) is 22.5 Å². The van der Waals surface area contributed by atoms with Gasteiger partial charge in [0, 0.05) is 46.2 Å². The number of carbonyl (C=O) groups excluding carboxylic acids is 1. The minimum absolute atomic E-state index is 0.0942. The van der Waals surface area contributed by atoms with Crippen molar-refractivity contribution in [2.75, 3.05) is 6.61 Å². The van der Waals surface area contributed by atoms with Crippen LogP contribution in [0.25, 0.3) is 33.0 Å². The standard InChI is InChI=1S/C28H23NO4/c1-17-25(32-16-24(30)27-18(2)29(3)23-12-8-7-11-21(23)27)14-13-20-22(15-26(31)33-28(17)20)19-9-5-4-6-10-19/h4-15H,16H2,1-3H3. The van der Waals surface area contributed by atoms with Crippen molar-refractivity contribution < 1.29 is 13.9 Å². The summed E-state index contributed by atoms with van der Waals surface area (Å²) in [5, 5.41) is 1.74. The first-order valence-electron chi connectivity index (χ1n) is 10.8. The minimum atomic E-state index is -0.427. The fourth-order valence-corrected chi connectivity index (χ4v) is 4.44. The van der Waals surface area contributed by atoms with Crippen molar-refractivity contribution in [1.82, 2.24) is 4.57 Å². The number of carbonyl (C=O) groups is 1. The number of fused-ring (bicyclic) bond motifs is 2. The highest BCUT2D eigenvalue weighted by Gasteiger charge is 2.20. The molecule has 0 bridgehead atoms. The van der Waals surface area contributed by atoms with Crippen LogP contribution < -0.4 is 10.4 Å². The van der Waals surface area contributed by atoms with Crippen molar-refractivity contribution in [3.8, 4) is 16.9 Å². The van der Waals surface area contributed by atoms with Gasteiger partial charge in [-0.05, 0) is 43.2 Å². The van der Waals surface area contributed by atoms with Gasteiger partial charge in [-0.1, -0.05) is 48.5 Å². The van der Waals surface area contributed by atoms with E-state index in [0.717, 1.165) is 33.1 Å². The molecule has 0 aliphatic rings. The van der Waals surface area contributed by atoms with Crippen LogP contribution in [0.15, 0.2) is 82.0 Å². The minimum Gasteiger partial charge on any atom is -0.485 e. The van der Waals surface area contributed by atoms with E-state index in [1.54, 1.807) is 0 Å². The Kier molecular flexibility index (Phi) is 5.09. The molecule has 0 fully saturated rings. The molecule has 2 aromatic heterocycles. The average Bonchev–Trinajstić information content (AvgIpc) is 3.09. The molecular formula is C28H23NO4. The quantitative estimate of drug-likeness (QED) is 0.256. The molecule has 5 rings (SSSR count). The van der Waals surface area contributed by atoms with E-state index in [9.17, 15) is 9.59 Å². The second-order valence-electron chi connectivity index (χ2n) is 8.16. The van der Waals surface area contributed by atoms with Gasteiger partial charge in [-0.2, -0.15) is 0 Å². The van der Waals surface area contributed by atoms with Gasteiger partial charge in [-0.15, -0.1) is 0 Å². The van der Waals surface area contributed by atoms with Gasteiger partial charge in [0.05, 0.1) is 0 Å². The lowest BCUT2D eigenvalue weighted by molar-refractivity contribution is 0.0922. The van der Waals surface area contributed by atoms with Crippen LogP contribution >= 0.6 is 0 Å². The topological polar surface area (TPSA) is 61.4 Å². The number of hydrogen-bond donors (Lipinski definition) is 0. The molecule has 0 N–H and O–H groups in total. The van der Waals surface area contributed by atoms with Crippen molar-refractivity contribution in [1.29, 1.82) is 0 Å². The maximum atomic E-state index is 13.1. The maximum absolute atomic E-state index is 13.1. The van der Waals surface area contributed by atoms with Crippen molar-refractivity contribution in [3.63, 3.8) is 0 Å². The van der Waals surface area contributed by atoms with Gasteiger partial charge in [0.1, 0.15) is 11.3 Å². The summed E-state index contributed by atoms with van der Waals surface area (Å²) in [6, 6.07) is 22.8. The summed E-state index contributed by atoms with van der Waals surface area (Å²) >= 11 is 0. The van der Waals surface area contributed by atoms with E-state index < -0.39 is 5.63 Å². The molecule has 0 atom stereocenters. The second kappa shape index (κ2) is 8.10. The molecule has 0 saturated carbocycles. The molecule has 0 unspecified atom stereocenters. The van der Waals surface area contributed by atoms with E-state index in [1.807, 2.05) is 92.2 Å². The normalized spacial score (nSPS) is 11.2. The van der Waals surface area contributed by atoms with Crippen molar-refractivity contribution in [2.24, 2.45) is 7.05 Å². The number of nitrogens with zero attached hydrogens (tertiary/aromatic N) is 1. The molecule has 5 heteroatoms. The lowest BCUT2D eigenvalue weighted by Crippen LogP contribution is -2.13. The molecule has 164 valence electrons. The van der Waals surface area contributed by atoms with Crippen molar-refractivity contribution in [3.05, 3.63) is 100 Å². The molecule has 0 aliphatic carbocycles. The molecule has 3 aromatic carbocycles. The first kappa shape index (κ1) is 20.8. The van der Waals surface area contributed by atoms with E-state index in [1.165, 1.54) is 6.07 Å². The van der Waals surface area contributed by atoms with Gasteiger partial charge >= 0.3 is 5.63 Å². The maximum Gasteiger partial charge on any atom is 0.336 e. The Balaban J connectivity index is 1.50. The predicted octanol–water partition coefficient (Wildman–Crippen LogP) is 5.83. The number of aromatic nitrogens is 1. The van der Waals surface area contributed by atoms with E-state index in [4.69, 9.17) is 9.15 Å². The van der Waals surface area contributed by atoms with Gasteiger partial charge in [-0.3, -0.25) is 4.79 Å². The summed E-state index contributed by atoms with van der Waals surface area (Å²) in [6.07, 6.45) is 0. The van der Waals surface area contributed by atoms with Gasteiger partial charge in [0.15, 0.2) is 6.61 Å². The lowest BCUT2D eigenvalue weighted by atomic mass is 10.00. The third kappa shape index (κ3) is 3.52. The van der Waals surface area contributed by atoms with Gasteiger partial charge in [0.25, 0.3) is 0 Å². The predicted molar refractivity (Wildman–Crippen MR) is 130 cm³/mol. The molecule has 5 nitrogen and oxygen atoms in total. The van der Waals surface area contributed by atoms with Crippen LogP contribution in [0.1, 0.15) is 21.6 Å². The monoisotopic (exact) mass is 437 g/mol. The molecule has 0 spiro atoms. The summed E-state index contributed by atoms with van der Waals surface area (Å²) in [7, 11) is 1.95. The fourth-order valence-electron chi connectivity index (χ4n) is 4.44. The largest absolute Gasteiger partial charge is 0.485 e. The zero-order chi connectivity index (χ0) is 23.1. The zero-order valence-electron chi connectivity index (χ0n) is 18.7. The van der Waals surface area contributed by atoms with Gasteiger partial charge in [0.2, 0.25) is 5.78 Å². The van der Waals surface area contributed by atoms with Gasteiger partial charge < -0.3 is 13.7 Å². The average molecular weight is 437 g/mol. The smallest absolute Gasteiger partial charge is 0.336 e. The number of ether oxygens (including phenoxy) is 1. The number of ketones is 1. The Morgan fingerprint density at radius 3 is 2.45 bits per heavy atom. The Hall–Kier alpha value is -4.12. The highest BCUT2D eigenvalue weighted by molar-refractivity contribution is 6.10. The van der Waals surface area contributed by atoms with E-state index in [-0.39, 0.29) is 12.4 Å². The molecule has 0 amide bonds. The molecular weight excluding hydrogens is 414 g/mol. The molecule has 0 aliphatic heterocycles. The Labute approximate surface area is 190 Å². The van der Waals surface area contributed by atoms with Crippen LogP contribution in [0.4, 0.5) is 0 Å². The lowest BCUT2D eigenvalue weighted by Gasteiger charge is -2.12. The Morgan fingerprint density at radius 1 is 0.939 bits per heavy atom. The number of benzene rings is 3. The summed E-state index contributed by atoms with van der Waals surface area (Å²) in [5.41, 5.74) is 5.05. The van der Waals surface area contributed by atoms with Crippen LogP contribution in [0.3, 0.4) is 0 Å². The van der Waals surface area contributed by atoms with Crippen molar-refractivity contribution >= 4 is 27.7 Å². The summed E-state index contributed by atoms with van der Waals surface area (Å²) in [4.78, 5) is 25.4. The first-order chi connectivity index (χ1) is 16.0. The zero-order valence-corrected chi connectivity index (χ0v) is 18.7. The van der Waals surface area contributed by atoms with Crippen LogP contribution in [-0.4, -0.2) is 17.0 Å². The van der Waals surface area contributed by atoms with Crippen molar-refractivity contribution in [2.45, 2.75) is 13.8 Å². The number of rotatable bonds is 5. The molecule has 5 aromatic rings. The molecule has 2 heterocycles. The second-order valence-corrected chi connectivity index (χ2v) is 8.16. The number of para-hydroxylation sites is 1. The SMILES string of the molecule is Cc1c(OCC(=O)c2c(C)n(C)c3ccccc23)ccc2c(-c3ccccc3)cc(=O)oc12. The highest BCUT2D eigenvalue weighted by atomic mass is 16.5. The fraction of sp³-hybridized carbons (Fsp3) is 0.143. The third-order valence-electron chi connectivity index (χ3n) is 6.23. The van der Waals surface area contributed by atoms with Crippen LogP contribution in [0.5, 0.6) is 5.75 Å². The highest BCUT2D eigenvalue weighted by Crippen LogP contribution is 2.33. The molecule has 0 radical (unpaired) electrons. The number of aryl methyl sites for hydroxylation is 2. The first-order valence-corrected chi connectivity index (χ1v) is 10.8. The third-order valence-corrected chi connectivity index (χ3v) is 6.23. The molecule has 33 heavy (non-hydrogen) atoms.